The van der Waals surface area contributed by atoms with Crippen molar-refractivity contribution in [2.24, 2.45) is 5.92 Å². The number of carbonyl (C=O) groups is 2. The van der Waals surface area contributed by atoms with Gasteiger partial charge >= 0.3 is 5.97 Å². The van der Waals surface area contributed by atoms with E-state index in [1.165, 1.54) is 0 Å². The van der Waals surface area contributed by atoms with E-state index >= 15 is 0 Å². The second-order valence-electron chi connectivity index (χ2n) is 4.42. The molecule has 4 heteroatoms. The molecule has 1 aliphatic heterocycles. The number of rotatable bonds is 3. The topological polar surface area (TPSA) is 57.6 Å². The summed E-state index contributed by atoms with van der Waals surface area (Å²) >= 11 is 0. The number of hydrogen-bond acceptors (Lipinski definition) is 2. The van der Waals surface area contributed by atoms with E-state index in [-0.39, 0.29) is 24.3 Å². The third-order valence-electron chi connectivity index (χ3n) is 3.27. The zero-order chi connectivity index (χ0) is 12.4. The van der Waals surface area contributed by atoms with Crippen LogP contribution in [0, 0.1) is 5.92 Å². The summed E-state index contributed by atoms with van der Waals surface area (Å²) in [6, 6.07) is 9.49. The molecule has 1 aromatic carbocycles. The predicted octanol–water partition coefficient (Wildman–Crippen LogP) is 1.68. The van der Waals surface area contributed by atoms with Crippen molar-refractivity contribution >= 4 is 11.9 Å². The molecule has 0 aromatic heterocycles. The van der Waals surface area contributed by atoms with E-state index in [0.29, 0.717) is 6.42 Å². The summed E-state index contributed by atoms with van der Waals surface area (Å²) in [5.41, 5.74) is 1.01. The number of carbonyl (C=O) groups excluding carboxylic acids is 1. The fourth-order valence-electron chi connectivity index (χ4n) is 2.51. The third-order valence-corrected chi connectivity index (χ3v) is 3.27. The number of hydrogen-bond donors (Lipinski definition) is 1. The molecule has 4 nitrogen and oxygen atoms in total. The number of amides is 1. The molecule has 2 atom stereocenters. The van der Waals surface area contributed by atoms with Gasteiger partial charge in [-0.05, 0) is 5.56 Å². The maximum absolute atomic E-state index is 11.7. The molecule has 17 heavy (non-hydrogen) atoms. The molecule has 0 radical (unpaired) electrons. The molecule has 0 bridgehead atoms. The standard InChI is InChI=1S/C13H15NO3/c1-14-11(15)7-10(8-12(16)17)13(14)9-5-3-2-4-6-9/h2-6,10,13H,7-8H2,1H3,(H,16,17). The number of likely N-dealkylation sites (tertiary alicyclic amines) is 1. The summed E-state index contributed by atoms with van der Waals surface area (Å²) in [6.45, 7) is 0. The molecule has 1 fully saturated rings. The van der Waals surface area contributed by atoms with Crippen molar-refractivity contribution < 1.29 is 14.7 Å². The Bertz CT molecular complexity index is 428. The van der Waals surface area contributed by atoms with Crippen LogP contribution >= 0.6 is 0 Å². The third kappa shape index (κ3) is 2.30. The van der Waals surface area contributed by atoms with Crippen molar-refractivity contribution in [1.29, 1.82) is 0 Å². The van der Waals surface area contributed by atoms with Gasteiger partial charge < -0.3 is 10.0 Å². The molecule has 1 N–H and O–H groups in total. The average Bonchev–Trinajstić information content (AvgIpc) is 2.55. The molecule has 1 amide bonds. The summed E-state index contributed by atoms with van der Waals surface area (Å²) in [5.74, 6) is -0.962. The second-order valence-corrected chi connectivity index (χ2v) is 4.42. The van der Waals surface area contributed by atoms with Gasteiger partial charge in [-0.2, -0.15) is 0 Å². The van der Waals surface area contributed by atoms with E-state index in [4.69, 9.17) is 5.11 Å². The average molecular weight is 233 g/mol. The Morgan fingerprint density at radius 3 is 2.65 bits per heavy atom. The lowest BCUT2D eigenvalue weighted by molar-refractivity contribution is -0.138. The van der Waals surface area contributed by atoms with Crippen molar-refractivity contribution in [3.63, 3.8) is 0 Å². The van der Waals surface area contributed by atoms with Crippen molar-refractivity contribution in [1.82, 2.24) is 4.90 Å². The van der Waals surface area contributed by atoms with Gasteiger partial charge in [-0.3, -0.25) is 9.59 Å². The number of nitrogens with zero attached hydrogens (tertiary/aromatic N) is 1. The molecule has 0 spiro atoms. The largest absolute Gasteiger partial charge is 0.481 e. The maximum Gasteiger partial charge on any atom is 0.303 e. The highest BCUT2D eigenvalue weighted by atomic mass is 16.4. The number of carboxylic acid groups (broad SMARTS) is 1. The lowest BCUT2D eigenvalue weighted by Crippen LogP contribution is -2.25. The fourth-order valence-corrected chi connectivity index (χ4v) is 2.51. The van der Waals surface area contributed by atoms with Gasteiger partial charge in [0.2, 0.25) is 5.91 Å². The Morgan fingerprint density at radius 1 is 1.41 bits per heavy atom. The smallest absolute Gasteiger partial charge is 0.303 e. The van der Waals surface area contributed by atoms with Gasteiger partial charge in [-0.15, -0.1) is 0 Å². The van der Waals surface area contributed by atoms with Gasteiger partial charge in [0.25, 0.3) is 0 Å². The second kappa shape index (κ2) is 4.57. The van der Waals surface area contributed by atoms with E-state index in [9.17, 15) is 9.59 Å². The Kier molecular flexibility index (Phi) is 3.13. The van der Waals surface area contributed by atoms with Gasteiger partial charge in [0, 0.05) is 19.4 Å². The molecule has 1 aliphatic rings. The first-order valence-corrected chi connectivity index (χ1v) is 5.62. The molecule has 90 valence electrons. The minimum Gasteiger partial charge on any atom is -0.481 e. The van der Waals surface area contributed by atoms with Crippen LogP contribution in [0.25, 0.3) is 0 Å². The Balaban J connectivity index is 2.28. The molecule has 1 heterocycles. The lowest BCUT2D eigenvalue weighted by atomic mass is 9.91. The van der Waals surface area contributed by atoms with Gasteiger partial charge in [-0.1, -0.05) is 30.3 Å². The predicted molar refractivity (Wildman–Crippen MR) is 62.3 cm³/mol. The lowest BCUT2D eigenvalue weighted by Gasteiger charge is -2.24. The fraction of sp³-hybridized carbons (Fsp3) is 0.385. The summed E-state index contributed by atoms with van der Waals surface area (Å²) in [6.07, 6.45) is 0.359. The monoisotopic (exact) mass is 233 g/mol. The van der Waals surface area contributed by atoms with Crippen LogP contribution in [0.5, 0.6) is 0 Å². The van der Waals surface area contributed by atoms with E-state index in [0.717, 1.165) is 5.56 Å². The van der Waals surface area contributed by atoms with Crippen LogP contribution < -0.4 is 0 Å². The van der Waals surface area contributed by atoms with Crippen molar-refractivity contribution in [3.05, 3.63) is 35.9 Å². The molecule has 0 saturated carbocycles. The van der Waals surface area contributed by atoms with E-state index in [1.807, 2.05) is 30.3 Å². The highest BCUT2D eigenvalue weighted by Gasteiger charge is 2.39. The highest BCUT2D eigenvalue weighted by molar-refractivity contribution is 5.80. The zero-order valence-corrected chi connectivity index (χ0v) is 9.67. The maximum atomic E-state index is 11.7. The first-order valence-electron chi connectivity index (χ1n) is 5.62. The number of carboxylic acids is 1. The molecular formula is C13H15NO3. The van der Waals surface area contributed by atoms with Crippen LogP contribution in [0.15, 0.2) is 30.3 Å². The zero-order valence-electron chi connectivity index (χ0n) is 9.67. The van der Waals surface area contributed by atoms with Crippen LogP contribution in [0.1, 0.15) is 24.4 Å². The molecular weight excluding hydrogens is 218 g/mol. The normalized spacial score (nSPS) is 24.1. The van der Waals surface area contributed by atoms with Crippen molar-refractivity contribution in [2.75, 3.05) is 7.05 Å². The van der Waals surface area contributed by atoms with Gasteiger partial charge in [0.05, 0.1) is 12.5 Å². The van der Waals surface area contributed by atoms with E-state index in [1.54, 1.807) is 11.9 Å². The van der Waals surface area contributed by atoms with Crippen LogP contribution in [0.4, 0.5) is 0 Å². The van der Waals surface area contributed by atoms with Crippen LogP contribution in [0.2, 0.25) is 0 Å². The quantitative estimate of drug-likeness (QED) is 0.864. The minimum absolute atomic E-state index is 0.0186. The minimum atomic E-state index is -0.848. The van der Waals surface area contributed by atoms with E-state index in [2.05, 4.69) is 0 Å². The van der Waals surface area contributed by atoms with Crippen LogP contribution in [-0.4, -0.2) is 28.9 Å². The summed E-state index contributed by atoms with van der Waals surface area (Å²) in [5, 5.41) is 8.88. The molecule has 0 aliphatic carbocycles. The van der Waals surface area contributed by atoms with Gasteiger partial charge in [0.1, 0.15) is 0 Å². The first kappa shape index (κ1) is 11.6. The van der Waals surface area contributed by atoms with Crippen LogP contribution in [0.3, 0.4) is 0 Å². The molecule has 2 rings (SSSR count). The summed E-state index contributed by atoms with van der Waals surface area (Å²) in [7, 11) is 1.74. The Morgan fingerprint density at radius 2 is 2.06 bits per heavy atom. The summed E-state index contributed by atoms with van der Waals surface area (Å²) < 4.78 is 0. The SMILES string of the molecule is CN1C(=O)CC(CC(=O)O)C1c1ccccc1. The van der Waals surface area contributed by atoms with E-state index < -0.39 is 5.97 Å². The Labute approximate surface area is 99.9 Å². The highest BCUT2D eigenvalue weighted by Crippen LogP contribution is 2.38. The number of benzene rings is 1. The van der Waals surface area contributed by atoms with Crippen molar-refractivity contribution in [3.8, 4) is 0 Å². The van der Waals surface area contributed by atoms with Gasteiger partial charge in [0.15, 0.2) is 0 Å². The molecule has 1 aromatic rings. The molecule has 2 unspecified atom stereocenters. The van der Waals surface area contributed by atoms with Gasteiger partial charge in [-0.25, -0.2) is 0 Å². The Hall–Kier alpha value is -1.84. The first-order chi connectivity index (χ1) is 8.09. The van der Waals surface area contributed by atoms with Crippen LogP contribution in [-0.2, 0) is 9.59 Å². The van der Waals surface area contributed by atoms with Crippen molar-refractivity contribution in [2.45, 2.75) is 18.9 Å². The molecule has 1 saturated heterocycles. The number of aliphatic carboxylic acids is 1. The summed E-state index contributed by atoms with van der Waals surface area (Å²) in [4.78, 5) is 24.2.